The summed E-state index contributed by atoms with van der Waals surface area (Å²) in [7, 11) is 3.08. The van der Waals surface area contributed by atoms with Gasteiger partial charge in [-0.2, -0.15) is 0 Å². The largest absolute Gasteiger partial charge is 0.495 e. The monoisotopic (exact) mass is 352 g/mol. The topological polar surface area (TPSA) is 82.0 Å². The van der Waals surface area contributed by atoms with E-state index >= 15 is 0 Å². The first-order valence-electron chi connectivity index (χ1n) is 7.09. The Balaban J connectivity index is 2.13. The highest BCUT2D eigenvalue weighted by Crippen LogP contribution is 2.36. The average Bonchev–Trinajstić information content (AvgIpc) is 3.16. The molecule has 2 aromatic heterocycles. The predicted octanol–water partition coefficient (Wildman–Crippen LogP) is 2.94. The van der Waals surface area contributed by atoms with Gasteiger partial charge >= 0.3 is 5.97 Å². The molecule has 0 saturated carbocycles. The van der Waals surface area contributed by atoms with Crippen LogP contribution < -0.4 is 4.74 Å². The summed E-state index contributed by atoms with van der Waals surface area (Å²) in [6, 6.07) is 3.33. The average molecular weight is 353 g/mol. The third-order valence-electron chi connectivity index (χ3n) is 3.58. The van der Waals surface area contributed by atoms with E-state index in [-0.39, 0.29) is 23.2 Å². The van der Waals surface area contributed by atoms with Gasteiger partial charge in [-0.15, -0.1) is 10.2 Å². The molecule has 24 heavy (non-hydrogen) atoms. The fourth-order valence-electron chi connectivity index (χ4n) is 2.47. The Labute approximate surface area is 141 Å². The molecule has 126 valence electrons. The molecule has 0 unspecified atom stereocenters. The summed E-state index contributed by atoms with van der Waals surface area (Å²) in [6.07, 6.45) is 0. The maximum Gasteiger partial charge on any atom is 0.376 e. The number of hydrogen-bond acceptors (Lipinski definition) is 5. The number of aryl methyl sites for hydroxylation is 1. The van der Waals surface area contributed by atoms with Gasteiger partial charge in [-0.05, 0) is 19.1 Å². The van der Waals surface area contributed by atoms with Crippen molar-refractivity contribution >= 4 is 28.5 Å². The molecule has 9 heteroatoms. The van der Waals surface area contributed by atoms with Crippen LogP contribution in [0.3, 0.4) is 0 Å². The lowest BCUT2D eigenvalue weighted by molar-refractivity contribution is 0.0512. The number of esters is 1. The van der Waals surface area contributed by atoms with Crippen LogP contribution in [-0.2, 0) is 11.8 Å². The molecule has 0 spiro atoms. The molecule has 3 aromatic rings. The summed E-state index contributed by atoms with van der Waals surface area (Å²) >= 11 is 5.97. The van der Waals surface area contributed by atoms with Crippen molar-refractivity contribution in [1.29, 1.82) is 0 Å². The lowest BCUT2D eigenvalue weighted by atomic mass is 10.2. The number of nitrogens with zero attached hydrogens (tertiary/aromatic N) is 3. The smallest absolute Gasteiger partial charge is 0.376 e. The fraction of sp³-hybridized carbons (Fsp3) is 0.267. The molecule has 0 bridgehead atoms. The van der Waals surface area contributed by atoms with Crippen LogP contribution in [0.25, 0.3) is 22.4 Å². The molecule has 0 aliphatic heterocycles. The van der Waals surface area contributed by atoms with E-state index in [9.17, 15) is 9.18 Å². The van der Waals surface area contributed by atoms with E-state index in [4.69, 9.17) is 21.1 Å². The molecule has 3 rings (SSSR count). The molecule has 0 fully saturated rings. The molecule has 0 atom stereocenters. The number of benzene rings is 1. The third-order valence-corrected chi connectivity index (χ3v) is 3.94. The quantitative estimate of drug-likeness (QED) is 0.730. The maximum absolute atomic E-state index is 14.5. The van der Waals surface area contributed by atoms with E-state index in [0.717, 1.165) is 0 Å². The minimum atomic E-state index is -0.606. The van der Waals surface area contributed by atoms with E-state index in [1.165, 1.54) is 7.11 Å². The molecular formula is C15H14ClFN4O3. The van der Waals surface area contributed by atoms with Crippen LogP contribution in [0.5, 0.6) is 5.75 Å². The second kappa shape index (κ2) is 6.12. The van der Waals surface area contributed by atoms with E-state index < -0.39 is 11.8 Å². The summed E-state index contributed by atoms with van der Waals surface area (Å²) in [5, 5.41) is 8.17. The Bertz CT molecular complexity index is 935. The second-order valence-corrected chi connectivity index (χ2v) is 5.35. The Morgan fingerprint density at radius 2 is 2.17 bits per heavy atom. The molecule has 1 aromatic carbocycles. The molecular weight excluding hydrogens is 339 g/mol. The number of rotatable bonds is 4. The predicted molar refractivity (Wildman–Crippen MR) is 85.8 cm³/mol. The molecule has 0 amide bonds. The van der Waals surface area contributed by atoms with Crippen molar-refractivity contribution < 1.29 is 18.7 Å². The number of carbonyl (C=O) groups excluding carboxylic acids is 1. The zero-order chi connectivity index (χ0) is 17.4. The summed E-state index contributed by atoms with van der Waals surface area (Å²) in [4.78, 5) is 14.4. The molecule has 2 heterocycles. The molecule has 1 N–H and O–H groups in total. The van der Waals surface area contributed by atoms with Gasteiger partial charge in [-0.1, -0.05) is 11.6 Å². The first-order valence-corrected chi connectivity index (χ1v) is 7.47. The zero-order valence-electron chi connectivity index (χ0n) is 13.2. The molecule has 0 aliphatic rings. The van der Waals surface area contributed by atoms with Gasteiger partial charge in [0.2, 0.25) is 5.82 Å². The number of nitrogens with one attached hydrogen (secondary N) is 1. The Hall–Kier alpha value is -2.61. The number of halogens is 2. The summed E-state index contributed by atoms with van der Waals surface area (Å²) < 4.78 is 26.0. The van der Waals surface area contributed by atoms with Gasteiger partial charge in [-0.25, -0.2) is 9.18 Å². The minimum Gasteiger partial charge on any atom is -0.495 e. The number of fused-ring (bicyclic) bond motifs is 1. The summed E-state index contributed by atoms with van der Waals surface area (Å²) in [5.74, 6) is -0.668. The van der Waals surface area contributed by atoms with E-state index in [1.807, 2.05) is 0 Å². The Morgan fingerprint density at radius 3 is 2.83 bits per heavy atom. The molecule has 7 nitrogen and oxygen atoms in total. The van der Waals surface area contributed by atoms with E-state index in [2.05, 4.69) is 15.2 Å². The fourth-order valence-corrected chi connectivity index (χ4v) is 2.69. The lowest BCUT2D eigenvalue weighted by Crippen LogP contribution is -2.06. The first-order chi connectivity index (χ1) is 11.5. The van der Waals surface area contributed by atoms with Crippen LogP contribution in [0.1, 0.15) is 17.5 Å². The van der Waals surface area contributed by atoms with E-state index in [0.29, 0.717) is 22.4 Å². The van der Waals surface area contributed by atoms with Crippen LogP contribution in [0.15, 0.2) is 12.1 Å². The highest BCUT2D eigenvalue weighted by molar-refractivity contribution is 6.33. The number of aromatic amines is 1. The lowest BCUT2D eigenvalue weighted by Gasteiger charge is -2.06. The van der Waals surface area contributed by atoms with Crippen molar-refractivity contribution in [2.24, 2.45) is 7.05 Å². The van der Waals surface area contributed by atoms with Gasteiger partial charge in [0.05, 0.1) is 24.9 Å². The van der Waals surface area contributed by atoms with Gasteiger partial charge in [0.15, 0.2) is 11.6 Å². The summed E-state index contributed by atoms with van der Waals surface area (Å²) in [5.41, 5.74) is 0.834. The molecule has 0 radical (unpaired) electrons. The van der Waals surface area contributed by atoms with E-state index in [1.54, 1.807) is 30.7 Å². The maximum atomic E-state index is 14.5. The SMILES string of the molecule is CCOC(=O)c1nnc(-c2cc3cc(OC)c(Cl)c(F)c3n2C)[nH]1. The van der Waals surface area contributed by atoms with Gasteiger partial charge in [0, 0.05) is 12.4 Å². The summed E-state index contributed by atoms with van der Waals surface area (Å²) in [6.45, 7) is 1.92. The van der Waals surface area contributed by atoms with Crippen LogP contribution in [0.2, 0.25) is 5.02 Å². The number of hydrogen-bond donors (Lipinski definition) is 1. The second-order valence-electron chi connectivity index (χ2n) is 4.98. The standard InChI is InChI=1S/C15H14ClFN4O3/c1-4-24-15(22)14-18-13(19-20-14)8-5-7-6-9(23-3)10(16)11(17)12(7)21(8)2/h5-6H,4H2,1-3H3,(H,18,19,20). The minimum absolute atomic E-state index is 0.0202. The van der Waals surface area contributed by atoms with Crippen LogP contribution in [0.4, 0.5) is 4.39 Å². The van der Waals surface area contributed by atoms with Crippen molar-refractivity contribution in [2.45, 2.75) is 6.92 Å². The zero-order valence-corrected chi connectivity index (χ0v) is 13.9. The third kappa shape index (κ3) is 2.48. The highest BCUT2D eigenvalue weighted by atomic mass is 35.5. The van der Waals surface area contributed by atoms with Gasteiger partial charge < -0.3 is 19.0 Å². The van der Waals surface area contributed by atoms with Crippen LogP contribution >= 0.6 is 11.6 Å². The Morgan fingerprint density at radius 1 is 1.42 bits per heavy atom. The van der Waals surface area contributed by atoms with Gasteiger partial charge in [0.25, 0.3) is 0 Å². The van der Waals surface area contributed by atoms with Gasteiger partial charge in [0.1, 0.15) is 10.8 Å². The number of carbonyl (C=O) groups is 1. The number of H-pyrrole nitrogens is 1. The Kier molecular flexibility index (Phi) is 4.15. The van der Waals surface area contributed by atoms with Crippen molar-refractivity contribution in [3.05, 3.63) is 28.8 Å². The van der Waals surface area contributed by atoms with Crippen molar-refractivity contribution in [1.82, 2.24) is 19.7 Å². The number of aromatic nitrogens is 4. The normalized spacial score (nSPS) is 11.0. The van der Waals surface area contributed by atoms with Crippen molar-refractivity contribution in [3.63, 3.8) is 0 Å². The van der Waals surface area contributed by atoms with Crippen LogP contribution in [-0.4, -0.2) is 39.4 Å². The van der Waals surface area contributed by atoms with Crippen molar-refractivity contribution in [2.75, 3.05) is 13.7 Å². The number of methoxy groups -OCH3 is 1. The highest BCUT2D eigenvalue weighted by Gasteiger charge is 2.21. The van der Waals surface area contributed by atoms with Gasteiger partial charge in [-0.3, -0.25) is 0 Å². The molecule has 0 saturated heterocycles. The van der Waals surface area contributed by atoms with Crippen molar-refractivity contribution in [3.8, 4) is 17.3 Å². The molecule has 0 aliphatic carbocycles. The first kappa shape index (κ1) is 16.3. The number of ether oxygens (including phenoxy) is 2. The van der Waals surface area contributed by atoms with Crippen LogP contribution in [0, 0.1) is 5.82 Å².